The third kappa shape index (κ3) is 17.8. The standard InChI is InChI=1S/C6H8O2.CHNO/c1-3-5-8-6(7)4-2;2-1-3/h3-5H,2H2,1H3;2H. The number of carbonyl (C=O) groups excluding carboxylic acids is 2. The van der Waals surface area contributed by atoms with E-state index in [1.54, 1.807) is 13.0 Å². The van der Waals surface area contributed by atoms with Crippen molar-refractivity contribution >= 4 is 12.0 Å². The summed E-state index contributed by atoms with van der Waals surface area (Å²) in [4.78, 5) is 18.5. The molecule has 0 aliphatic rings. The molecule has 0 radical (unpaired) electrons. The summed E-state index contributed by atoms with van der Waals surface area (Å²) in [7, 11) is 0. The number of allylic oxidation sites excluding steroid dienone is 1. The summed E-state index contributed by atoms with van der Waals surface area (Å²) in [5.74, 6) is -0.428. The molecule has 0 aliphatic heterocycles. The number of isocyanates is 1. The van der Waals surface area contributed by atoms with Crippen molar-refractivity contribution < 1.29 is 14.3 Å². The molecule has 0 saturated heterocycles. The van der Waals surface area contributed by atoms with E-state index in [-0.39, 0.29) is 0 Å². The molecule has 0 aromatic carbocycles. The minimum absolute atomic E-state index is 0.428. The molecule has 0 aromatic rings. The lowest BCUT2D eigenvalue weighted by Gasteiger charge is -1.86. The number of ether oxygens (including phenoxy) is 1. The van der Waals surface area contributed by atoms with Gasteiger partial charge in [0.15, 0.2) is 0 Å². The lowest BCUT2D eigenvalue weighted by Crippen LogP contribution is -1.90. The number of esters is 1. The van der Waals surface area contributed by atoms with Crippen LogP contribution < -0.4 is 0 Å². The van der Waals surface area contributed by atoms with Crippen LogP contribution in [0.3, 0.4) is 0 Å². The van der Waals surface area contributed by atoms with Gasteiger partial charge in [-0.25, -0.2) is 15.0 Å². The minimum atomic E-state index is -0.428. The third-order valence-electron chi connectivity index (χ3n) is 0.487. The van der Waals surface area contributed by atoms with Crippen LogP contribution in [0.4, 0.5) is 0 Å². The van der Waals surface area contributed by atoms with Crippen LogP contribution >= 0.6 is 0 Å². The summed E-state index contributed by atoms with van der Waals surface area (Å²) in [6, 6.07) is 0. The fourth-order valence-electron chi connectivity index (χ4n) is 0.183. The molecule has 4 heteroatoms. The molecule has 4 nitrogen and oxygen atoms in total. The Morgan fingerprint density at radius 3 is 2.45 bits per heavy atom. The van der Waals surface area contributed by atoms with E-state index >= 15 is 0 Å². The smallest absolute Gasteiger partial charge is 0.334 e. The molecule has 0 spiro atoms. The fraction of sp³-hybridized carbons (Fsp3) is 0.143. The maximum absolute atomic E-state index is 10.2. The largest absolute Gasteiger partial charge is 0.432 e. The number of hydrogen-bond acceptors (Lipinski definition) is 4. The maximum Gasteiger partial charge on any atom is 0.334 e. The van der Waals surface area contributed by atoms with Gasteiger partial charge in [-0.3, -0.25) is 0 Å². The predicted octanol–water partition coefficient (Wildman–Crippen LogP) is 1.15. The second-order valence-corrected chi connectivity index (χ2v) is 1.21. The molecule has 0 heterocycles. The quantitative estimate of drug-likeness (QED) is 0.214. The topological polar surface area (TPSA) is 67.2 Å². The van der Waals surface area contributed by atoms with E-state index in [9.17, 15) is 4.79 Å². The van der Waals surface area contributed by atoms with E-state index in [1.807, 2.05) is 0 Å². The first-order valence-electron chi connectivity index (χ1n) is 2.71. The first-order valence-corrected chi connectivity index (χ1v) is 2.71. The van der Waals surface area contributed by atoms with Crippen LogP contribution in [0.5, 0.6) is 0 Å². The van der Waals surface area contributed by atoms with Crippen molar-refractivity contribution in [1.29, 1.82) is 5.41 Å². The molecule has 0 fully saturated rings. The molecule has 0 aromatic heterocycles. The van der Waals surface area contributed by atoms with E-state index in [1.165, 1.54) is 6.26 Å². The van der Waals surface area contributed by atoms with Crippen molar-refractivity contribution in [2.45, 2.75) is 6.92 Å². The van der Waals surface area contributed by atoms with Gasteiger partial charge in [0.2, 0.25) is 6.08 Å². The molecular weight excluding hydrogens is 146 g/mol. The van der Waals surface area contributed by atoms with Crippen molar-refractivity contribution in [3.8, 4) is 0 Å². The average molecular weight is 155 g/mol. The first-order chi connectivity index (χ1) is 5.22. The third-order valence-corrected chi connectivity index (χ3v) is 0.487. The monoisotopic (exact) mass is 155 g/mol. The zero-order valence-electron chi connectivity index (χ0n) is 6.16. The van der Waals surface area contributed by atoms with Crippen LogP contribution in [-0.2, 0) is 14.3 Å². The van der Waals surface area contributed by atoms with Crippen LogP contribution in [0.2, 0.25) is 0 Å². The van der Waals surface area contributed by atoms with Crippen LogP contribution in [0.25, 0.3) is 0 Å². The van der Waals surface area contributed by atoms with Crippen molar-refractivity contribution in [3.05, 3.63) is 25.0 Å². The Morgan fingerprint density at radius 1 is 1.73 bits per heavy atom. The second-order valence-electron chi connectivity index (χ2n) is 1.21. The SMILES string of the molecule is C=CC(=O)OC=CC.N=C=O. The Hall–Kier alpha value is -1.67. The molecule has 0 unspecified atom stereocenters. The van der Waals surface area contributed by atoms with Crippen LogP contribution in [0, 0.1) is 5.41 Å². The Bertz CT molecular complexity index is 178. The van der Waals surface area contributed by atoms with Gasteiger partial charge in [0.25, 0.3) is 0 Å². The Morgan fingerprint density at radius 2 is 2.18 bits per heavy atom. The Labute approximate surface area is 64.7 Å². The van der Waals surface area contributed by atoms with Gasteiger partial charge >= 0.3 is 5.97 Å². The Kier molecular flexibility index (Phi) is 12.2. The molecule has 60 valence electrons. The van der Waals surface area contributed by atoms with E-state index in [4.69, 9.17) is 10.2 Å². The van der Waals surface area contributed by atoms with Gasteiger partial charge in [0.1, 0.15) is 0 Å². The molecule has 0 bridgehead atoms. The summed E-state index contributed by atoms with van der Waals surface area (Å²) in [5.41, 5.74) is 0. The predicted molar refractivity (Wildman–Crippen MR) is 39.5 cm³/mol. The molecule has 0 amide bonds. The highest BCUT2D eigenvalue weighted by atomic mass is 16.5. The summed E-state index contributed by atoms with van der Waals surface area (Å²) < 4.78 is 4.40. The number of hydrogen-bond donors (Lipinski definition) is 1. The lowest BCUT2D eigenvalue weighted by atomic mass is 10.6. The molecule has 0 atom stereocenters. The summed E-state index contributed by atoms with van der Waals surface area (Å²) in [5, 5.41) is 5.40. The van der Waals surface area contributed by atoms with Crippen LogP contribution in [0.1, 0.15) is 6.92 Å². The molecule has 0 aliphatic carbocycles. The van der Waals surface area contributed by atoms with Gasteiger partial charge in [0.05, 0.1) is 6.26 Å². The number of carbonyl (C=O) groups is 1. The maximum atomic E-state index is 10.2. The summed E-state index contributed by atoms with van der Waals surface area (Å²) in [6.45, 7) is 4.97. The average Bonchev–Trinajstić information content (AvgIpc) is 2.02. The summed E-state index contributed by atoms with van der Waals surface area (Å²) >= 11 is 0. The van der Waals surface area contributed by atoms with Gasteiger partial charge in [-0.15, -0.1) is 0 Å². The molecular formula is C7H9NO3. The lowest BCUT2D eigenvalue weighted by molar-refractivity contribution is -0.132. The van der Waals surface area contributed by atoms with E-state index in [0.717, 1.165) is 12.2 Å². The van der Waals surface area contributed by atoms with Gasteiger partial charge < -0.3 is 4.74 Å². The highest BCUT2D eigenvalue weighted by Gasteiger charge is 1.85. The van der Waals surface area contributed by atoms with Crippen molar-refractivity contribution in [1.82, 2.24) is 0 Å². The molecule has 0 saturated carbocycles. The fourth-order valence-corrected chi connectivity index (χ4v) is 0.183. The first kappa shape index (κ1) is 12.0. The Balaban J connectivity index is 0. The van der Waals surface area contributed by atoms with E-state index in [2.05, 4.69) is 11.3 Å². The zero-order chi connectivity index (χ0) is 9.11. The van der Waals surface area contributed by atoms with Crippen molar-refractivity contribution in [2.75, 3.05) is 0 Å². The van der Waals surface area contributed by atoms with Gasteiger partial charge in [-0.2, -0.15) is 0 Å². The second kappa shape index (κ2) is 11.2. The highest BCUT2D eigenvalue weighted by molar-refractivity contribution is 5.81. The van der Waals surface area contributed by atoms with E-state index < -0.39 is 5.97 Å². The van der Waals surface area contributed by atoms with Crippen LogP contribution in [0.15, 0.2) is 25.0 Å². The number of rotatable bonds is 2. The number of nitrogens with one attached hydrogen (secondary N) is 1. The minimum Gasteiger partial charge on any atom is -0.432 e. The normalized spacial score (nSPS) is 7.36. The molecule has 1 N–H and O–H groups in total. The molecule has 0 rings (SSSR count). The van der Waals surface area contributed by atoms with E-state index in [0.29, 0.717) is 0 Å². The highest BCUT2D eigenvalue weighted by Crippen LogP contribution is 1.78. The molecule has 11 heavy (non-hydrogen) atoms. The van der Waals surface area contributed by atoms with Crippen LogP contribution in [-0.4, -0.2) is 12.0 Å². The van der Waals surface area contributed by atoms with Gasteiger partial charge in [0, 0.05) is 6.08 Å². The zero-order valence-corrected chi connectivity index (χ0v) is 6.16. The summed E-state index contributed by atoms with van der Waals surface area (Å²) in [6.07, 6.45) is 4.80. The van der Waals surface area contributed by atoms with Crippen molar-refractivity contribution in [2.24, 2.45) is 0 Å². The van der Waals surface area contributed by atoms with Gasteiger partial charge in [-0.05, 0) is 6.92 Å². The van der Waals surface area contributed by atoms with Gasteiger partial charge in [-0.1, -0.05) is 12.7 Å². The van der Waals surface area contributed by atoms with Crippen molar-refractivity contribution in [3.63, 3.8) is 0 Å².